The molecule has 1 aromatic heterocycles. The van der Waals surface area contributed by atoms with Crippen LogP contribution in [-0.4, -0.2) is 37.8 Å². The Kier molecular flexibility index (Phi) is 6.33. The fourth-order valence-electron chi connectivity index (χ4n) is 3.42. The topological polar surface area (TPSA) is 88.9 Å². The van der Waals surface area contributed by atoms with Crippen LogP contribution in [0.1, 0.15) is 55.0 Å². The number of rotatable bonds is 6. The van der Waals surface area contributed by atoms with E-state index in [9.17, 15) is 13.2 Å². The van der Waals surface area contributed by atoms with Crippen molar-refractivity contribution in [2.45, 2.75) is 58.0 Å². The number of amides is 1. The first-order chi connectivity index (χ1) is 13.7. The van der Waals surface area contributed by atoms with Crippen molar-refractivity contribution < 1.29 is 22.4 Å². The number of sulfonamides is 1. The summed E-state index contributed by atoms with van der Waals surface area (Å²) in [7, 11) is -3.63. The van der Waals surface area contributed by atoms with Gasteiger partial charge < -0.3 is 14.5 Å². The molecule has 7 nitrogen and oxygen atoms in total. The maximum absolute atomic E-state index is 13.0. The van der Waals surface area contributed by atoms with E-state index in [-0.39, 0.29) is 16.9 Å². The highest BCUT2D eigenvalue weighted by Gasteiger charge is 2.27. The summed E-state index contributed by atoms with van der Waals surface area (Å²) in [6.07, 6.45) is 2.62. The molecule has 8 heteroatoms. The molecule has 158 valence electrons. The standard InChI is InChI=1S/C21H28N2O5S/c1-14(2)27-20-9-8-17(29(25,26)23-10-6-5-7-11-23)13-19(20)22-21(24)18-12-15(3)28-16(18)4/h8-9,12-14H,5-7,10-11H2,1-4H3,(H,22,24). The monoisotopic (exact) mass is 420 g/mol. The van der Waals surface area contributed by atoms with Gasteiger partial charge in [-0.05, 0) is 64.8 Å². The van der Waals surface area contributed by atoms with Gasteiger partial charge in [0.15, 0.2) is 0 Å². The minimum Gasteiger partial charge on any atom is -0.489 e. The molecule has 1 N–H and O–H groups in total. The molecule has 2 heterocycles. The number of aryl methyl sites for hydroxylation is 2. The van der Waals surface area contributed by atoms with Crippen LogP contribution < -0.4 is 10.1 Å². The zero-order chi connectivity index (χ0) is 21.2. The second kappa shape index (κ2) is 8.59. The Hall–Kier alpha value is -2.32. The number of benzene rings is 1. The molecule has 1 saturated heterocycles. The van der Waals surface area contributed by atoms with Crippen molar-refractivity contribution in [3.63, 3.8) is 0 Å². The maximum atomic E-state index is 13.0. The van der Waals surface area contributed by atoms with E-state index < -0.39 is 10.0 Å². The van der Waals surface area contributed by atoms with Crippen molar-refractivity contribution in [3.8, 4) is 5.75 Å². The highest BCUT2D eigenvalue weighted by atomic mass is 32.2. The lowest BCUT2D eigenvalue weighted by Crippen LogP contribution is -2.35. The van der Waals surface area contributed by atoms with Gasteiger partial charge in [0, 0.05) is 13.1 Å². The number of carbonyl (C=O) groups excluding carboxylic acids is 1. The fourth-order valence-corrected chi connectivity index (χ4v) is 4.97. The fraction of sp³-hybridized carbons (Fsp3) is 0.476. The van der Waals surface area contributed by atoms with E-state index in [0.717, 1.165) is 19.3 Å². The zero-order valence-corrected chi connectivity index (χ0v) is 18.1. The Labute approximate surface area is 172 Å². The first-order valence-corrected chi connectivity index (χ1v) is 11.3. The first-order valence-electron chi connectivity index (χ1n) is 9.87. The molecular formula is C21H28N2O5S. The van der Waals surface area contributed by atoms with Gasteiger partial charge in [-0.2, -0.15) is 4.31 Å². The van der Waals surface area contributed by atoms with Crippen molar-refractivity contribution in [2.24, 2.45) is 0 Å². The van der Waals surface area contributed by atoms with Crippen LogP contribution in [0.25, 0.3) is 0 Å². The molecule has 0 atom stereocenters. The van der Waals surface area contributed by atoms with Crippen molar-refractivity contribution in [1.29, 1.82) is 0 Å². The van der Waals surface area contributed by atoms with Gasteiger partial charge in [0.25, 0.3) is 5.91 Å². The van der Waals surface area contributed by atoms with Gasteiger partial charge in [-0.3, -0.25) is 4.79 Å². The number of anilines is 1. The maximum Gasteiger partial charge on any atom is 0.259 e. The summed E-state index contributed by atoms with van der Waals surface area (Å²) < 4.78 is 38.8. The van der Waals surface area contributed by atoms with E-state index in [1.807, 2.05) is 13.8 Å². The Balaban J connectivity index is 1.95. The number of carbonyl (C=O) groups is 1. The molecule has 0 bridgehead atoms. The van der Waals surface area contributed by atoms with Gasteiger partial charge in [0.1, 0.15) is 17.3 Å². The highest BCUT2D eigenvalue weighted by Crippen LogP contribution is 2.31. The molecule has 1 amide bonds. The molecule has 0 aliphatic carbocycles. The second-order valence-electron chi connectivity index (χ2n) is 7.57. The molecule has 0 spiro atoms. The van der Waals surface area contributed by atoms with Crippen LogP contribution in [0.5, 0.6) is 5.75 Å². The predicted molar refractivity (Wildman–Crippen MR) is 111 cm³/mol. The average Bonchev–Trinajstić information content (AvgIpc) is 3.01. The molecule has 2 aromatic rings. The molecule has 1 aliphatic heterocycles. The summed E-state index contributed by atoms with van der Waals surface area (Å²) in [5, 5.41) is 2.79. The van der Waals surface area contributed by atoms with Crippen molar-refractivity contribution >= 4 is 21.6 Å². The van der Waals surface area contributed by atoms with E-state index in [4.69, 9.17) is 9.15 Å². The van der Waals surface area contributed by atoms with Crippen LogP contribution in [0.3, 0.4) is 0 Å². The normalized spacial score (nSPS) is 15.5. The van der Waals surface area contributed by atoms with Crippen LogP contribution in [0, 0.1) is 13.8 Å². The number of furan rings is 1. The Morgan fingerprint density at radius 1 is 1.14 bits per heavy atom. The van der Waals surface area contributed by atoms with Crippen molar-refractivity contribution in [2.75, 3.05) is 18.4 Å². The lowest BCUT2D eigenvalue weighted by atomic mass is 10.2. The molecular weight excluding hydrogens is 392 g/mol. The quantitative estimate of drug-likeness (QED) is 0.760. The number of nitrogens with one attached hydrogen (secondary N) is 1. The smallest absolute Gasteiger partial charge is 0.259 e. The van der Waals surface area contributed by atoms with Gasteiger partial charge in [-0.1, -0.05) is 6.42 Å². The van der Waals surface area contributed by atoms with E-state index in [1.165, 1.54) is 16.4 Å². The molecule has 1 aromatic carbocycles. The Bertz CT molecular complexity index is 988. The van der Waals surface area contributed by atoms with Gasteiger partial charge in [-0.25, -0.2) is 8.42 Å². The van der Waals surface area contributed by atoms with Gasteiger partial charge in [0.2, 0.25) is 10.0 Å². The van der Waals surface area contributed by atoms with Crippen LogP contribution in [0.15, 0.2) is 33.6 Å². The summed E-state index contributed by atoms with van der Waals surface area (Å²) in [5.41, 5.74) is 0.724. The number of nitrogens with zero attached hydrogens (tertiary/aromatic N) is 1. The lowest BCUT2D eigenvalue weighted by molar-refractivity contribution is 0.102. The van der Waals surface area contributed by atoms with E-state index in [0.29, 0.717) is 41.6 Å². The van der Waals surface area contributed by atoms with Crippen molar-refractivity contribution in [3.05, 3.63) is 41.3 Å². The predicted octanol–water partition coefficient (Wildman–Crippen LogP) is 4.11. The molecule has 0 unspecified atom stereocenters. The van der Waals surface area contributed by atoms with E-state index >= 15 is 0 Å². The molecule has 0 saturated carbocycles. The summed E-state index contributed by atoms with van der Waals surface area (Å²) in [6, 6.07) is 6.26. The van der Waals surface area contributed by atoms with Crippen LogP contribution in [0.2, 0.25) is 0 Å². The SMILES string of the molecule is Cc1cc(C(=O)Nc2cc(S(=O)(=O)N3CCCCC3)ccc2OC(C)C)c(C)o1. The number of ether oxygens (including phenoxy) is 1. The van der Waals surface area contributed by atoms with E-state index in [2.05, 4.69) is 5.32 Å². The zero-order valence-electron chi connectivity index (χ0n) is 17.3. The largest absolute Gasteiger partial charge is 0.489 e. The molecule has 1 fully saturated rings. The van der Waals surface area contributed by atoms with Crippen LogP contribution >= 0.6 is 0 Å². The van der Waals surface area contributed by atoms with E-state index in [1.54, 1.807) is 26.0 Å². The number of hydrogen-bond donors (Lipinski definition) is 1. The number of hydrogen-bond acceptors (Lipinski definition) is 5. The van der Waals surface area contributed by atoms with Gasteiger partial charge in [0.05, 0.1) is 22.3 Å². The summed E-state index contributed by atoms with van der Waals surface area (Å²) in [5.74, 6) is 1.18. The molecule has 0 radical (unpaired) electrons. The average molecular weight is 421 g/mol. The second-order valence-corrected chi connectivity index (χ2v) is 9.51. The van der Waals surface area contributed by atoms with Crippen LogP contribution in [0.4, 0.5) is 5.69 Å². The third kappa shape index (κ3) is 4.82. The highest BCUT2D eigenvalue weighted by molar-refractivity contribution is 7.89. The third-order valence-electron chi connectivity index (χ3n) is 4.80. The molecule has 29 heavy (non-hydrogen) atoms. The lowest BCUT2D eigenvalue weighted by Gasteiger charge is -2.26. The minimum atomic E-state index is -3.63. The van der Waals surface area contributed by atoms with Crippen molar-refractivity contribution in [1.82, 2.24) is 4.31 Å². The van der Waals surface area contributed by atoms with Gasteiger partial charge in [-0.15, -0.1) is 0 Å². The van der Waals surface area contributed by atoms with Crippen LogP contribution in [-0.2, 0) is 10.0 Å². The molecule has 3 rings (SSSR count). The first kappa shape index (κ1) is 21.4. The minimum absolute atomic E-state index is 0.131. The Morgan fingerprint density at radius 3 is 2.41 bits per heavy atom. The third-order valence-corrected chi connectivity index (χ3v) is 6.69. The Morgan fingerprint density at radius 2 is 1.83 bits per heavy atom. The summed E-state index contributed by atoms with van der Waals surface area (Å²) in [6.45, 7) is 8.25. The summed E-state index contributed by atoms with van der Waals surface area (Å²) >= 11 is 0. The molecule has 1 aliphatic rings. The van der Waals surface area contributed by atoms with Gasteiger partial charge >= 0.3 is 0 Å². The summed E-state index contributed by atoms with van der Waals surface area (Å²) in [4.78, 5) is 12.9. The number of piperidine rings is 1.